The molecule has 6 heteroatoms. The van der Waals surface area contributed by atoms with Crippen LogP contribution in [0.2, 0.25) is 0 Å². The normalized spacial score (nSPS) is 13.9. The molecule has 20 heavy (non-hydrogen) atoms. The Morgan fingerprint density at radius 3 is 2.80 bits per heavy atom. The lowest BCUT2D eigenvalue weighted by molar-refractivity contribution is -0.119. The zero-order valence-corrected chi connectivity index (χ0v) is 13.3. The van der Waals surface area contributed by atoms with Gasteiger partial charge in [-0.15, -0.1) is 11.8 Å². The molecule has 1 aliphatic carbocycles. The summed E-state index contributed by atoms with van der Waals surface area (Å²) in [5, 5.41) is 2.98. The molecule has 4 nitrogen and oxygen atoms in total. The molecule has 0 radical (unpaired) electrons. The van der Waals surface area contributed by atoms with E-state index in [0.29, 0.717) is 17.6 Å². The first kappa shape index (κ1) is 15.1. The third-order valence-electron chi connectivity index (χ3n) is 3.21. The number of benzene rings is 1. The van der Waals surface area contributed by atoms with Crippen LogP contribution in [0.4, 0.5) is 5.69 Å². The van der Waals surface area contributed by atoms with E-state index in [1.165, 1.54) is 0 Å². The van der Waals surface area contributed by atoms with Crippen molar-refractivity contribution in [1.29, 1.82) is 0 Å². The van der Waals surface area contributed by atoms with Crippen LogP contribution in [0.5, 0.6) is 0 Å². The van der Waals surface area contributed by atoms with Crippen molar-refractivity contribution in [2.24, 2.45) is 5.73 Å². The molecule has 0 heterocycles. The van der Waals surface area contributed by atoms with Gasteiger partial charge in [0.25, 0.3) is 0 Å². The predicted octanol–water partition coefficient (Wildman–Crippen LogP) is 1.76. The molecule has 0 aromatic heterocycles. The number of carbonyl (C=O) groups is 1. The van der Waals surface area contributed by atoms with Crippen LogP contribution < -0.4 is 16.0 Å². The van der Waals surface area contributed by atoms with Gasteiger partial charge in [-0.3, -0.25) is 4.79 Å². The number of hydrogen-bond acceptors (Lipinski definition) is 4. The standard InChI is InChI=1S/C14H19N3OS2/c1-17(8-12(18)16-9-6-7-9)10-4-3-5-11(20-2)13(10)14(15)19/h3-5,9H,6-8H2,1-2H3,(H2,15,19)(H,16,18). The molecule has 0 saturated heterocycles. The second kappa shape index (κ2) is 6.45. The average Bonchev–Trinajstić information content (AvgIpc) is 3.21. The van der Waals surface area contributed by atoms with E-state index in [-0.39, 0.29) is 5.91 Å². The third kappa shape index (κ3) is 3.64. The largest absolute Gasteiger partial charge is 0.389 e. The van der Waals surface area contributed by atoms with E-state index in [0.717, 1.165) is 29.0 Å². The van der Waals surface area contributed by atoms with Gasteiger partial charge in [-0.05, 0) is 31.2 Å². The fraction of sp³-hybridized carbons (Fsp3) is 0.429. The summed E-state index contributed by atoms with van der Waals surface area (Å²) in [6.45, 7) is 0.309. The van der Waals surface area contributed by atoms with Gasteiger partial charge in [0.1, 0.15) is 4.99 Å². The van der Waals surface area contributed by atoms with Crippen molar-refractivity contribution in [3.63, 3.8) is 0 Å². The highest BCUT2D eigenvalue weighted by atomic mass is 32.2. The fourth-order valence-corrected chi connectivity index (χ4v) is 2.97. The molecule has 0 unspecified atom stereocenters. The summed E-state index contributed by atoms with van der Waals surface area (Å²) in [7, 11) is 1.88. The fourth-order valence-electron chi connectivity index (χ4n) is 2.06. The number of likely N-dealkylation sites (N-methyl/N-ethyl adjacent to an activating group) is 1. The van der Waals surface area contributed by atoms with Gasteiger partial charge < -0.3 is 16.0 Å². The first-order valence-corrected chi connectivity index (χ1v) is 8.13. The van der Waals surface area contributed by atoms with Crippen molar-refractivity contribution < 1.29 is 4.79 Å². The minimum atomic E-state index is 0.0402. The van der Waals surface area contributed by atoms with Gasteiger partial charge in [0.05, 0.1) is 6.54 Å². The Balaban J connectivity index is 2.17. The maximum absolute atomic E-state index is 11.9. The predicted molar refractivity (Wildman–Crippen MR) is 88.5 cm³/mol. The Morgan fingerprint density at radius 1 is 1.55 bits per heavy atom. The Bertz CT molecular complexity index is 529. The second-order valence-electron chi connectivity index (χ2n) is 4.92. The zero-order chi connectivity index (χ0) is 14.7. The van der Waals surface area contributed by atoms with Gasteiger partial charge in [0, 0.05) is 29.2 Å². The lowest BCUT2D eigenvalue weighted by Crippen LogP contribution is -2.37. The van der Waals surface area contributed by atoms with E-state index >= 15 is 0 Å². The van der Waals surface area contributed by atoms with Gasteiger partial charge in [-0.25, -0.2) is 0 Å². The molecule has 1 fully saturated rings. The Labute approximate surface area is 129 Å². The summed E-state index contributed by atoms with van der Waals surface area (Å²) in [5.74, 6) is 0.0402. The first-order chi connectivity index (χ1) is 9.52. The quantitative estimate of drug-likeness (QED) is 0.619. The van der Waals surface area contributed by atoms with Gasteiger partial charge in [0.2, 0.25) is 5.91 Å². The molecule has 0 atom stereocenters. The van der Waals surface area contributed by atoms with E-state index in [4.69, 9.17) is 18.0 Å². The van der Waals surface area contributed by atoms with Crippen LogP contribution in [0.15, 0.2) is 23.1 Å². The van der Waals surface area contributed by atoms with Gasteiger partial charge in [-0.2, -0.15) is 0 Å². The summed E-state index contributed by atoms with van der Waals surface area (Å²) in [5.41, 5.74) is 7.58. The number of nitrogens with two attached hydrogens (primary N) is 1. The van der Waals surface area contributed by atoms with Crippen LogP contribution in [0, 0.1) is 0 Å². The molecule has 0 aliphatic heterocycles. The number of amides is 1. The van der Waals surface area contributed by atoms with Gasteiger partial charge in [0.15, 0.2) is 0 Å². The third-order valence-corrected chi connectivity index (χ3v) is 4.19. The molecule has 1 aromatic carbocycles. The van der Waals surface area contributed by atoms with Crippen molar-refractivity contribution in [3.8, 4) is 0 Å². The van der Waals surface area contributed by atoms with Crippen molar-refractivity contribution in [1.82, 2.24) is 5.32 Å². The lowest BCUT2D eigenvalue weighted by Gasteiger charge is -2.23. The molecule has 108 valence electrons. The number of rotatable bonds is 6. The minimum Gasteiger partial charge on any atom is -0.389 e. The van der Waals surface area contributed by atoms with Crippen LogP contribution in [-0.4, -0.2) is 36.8 Å². The smallest absolute Gasteiger partial charge is 0.239 e. The monoisotopic (exact) mass is 309 g/mol. The van der Waals surface area contributed by atoms with Crippen molar-refractivity contribution >= 4 is 40.6 Å². The summed E-state index contributed by atoms with van der Waals surface area (Å²) >= 11 is 6.75. The van der Waals surface area contributed by atoms with Crippen LogP contribution in [0.25, 0.3) is 0 Å². The molecule has 1 amide bonds. The summed E-state index contributed by atoms with van der Waals surface area (Å²) in [6, 6.07) is 6.26. The SMILES string of the molecule is CSc1cccc(N(C)CC(=O)NC2CC2)c1C(N)=S. The maximum Gasteiger partial charge on any atom is 0.239 e. The first-order valence-electron chi connectivity index (χ1n) is 6.50. The summed E-state index contributed by atoms with van der Waals surface area (Å²) in [4.78, 5) is 15.2. The molecule has 0 spiro atoms. The van der Waals surface area contributed by atoms with E-state index < -0.39 is 0 Å². The van der Waals surface area contributed by atoms with E-state index in [9.17, 15) is 4.79 Å². The van der Waals surface area contributed by atoms with Crippen molar-refractivity contribution in [2.45, 2.75) is 23.8 Å². The molecule has 1 saturated carbocycles. The molecular formula is C14H19N3OS2. The van der Waals surface area contributed by atoms with Crippen molar-refractivity contribution in [3.05, 3.63) is 23.8 Å². The van der Waals surface area contributed by atoms with E-state index in [1.807, 2.05) is 36.4 Å². The summed E-state index contributed by atoms with van der Waals surface area (Å²) < 4.78 is 0. The topological polar surface area (TPSA) is 58.4 Å². The Kier molecular flexibility index (Phi) is 4.88. The molecule has 1 aromatic rings. The number of thioether (sulfide) groups is 1. The Hall–Kier alpha value is -1.27. The zero-order valence-electron chi connectivity index (χ0n) is 11.7. The Morgan fingerprint density at radius 2 is 2.25 bits per heavy atom. The number of nitrogens with one attached hydrogen (secondary N) is 1. The highest BCUT2D eigenvalue weighted by Crippen LogP contribution is 2.29. The number of carbonyl (C=O) groups excluding carboxylic acids is 1. The highest BCUT2D eigenvalue weighted by Gasteiger charge is 2.24. The molecule has 1 aliphatic rings. The lowest BCUT2D eigenvalue weighted by atomic mass is 10.1. The number of thiocarbonyl (C=S) groups is 1. The van der Waals surface area contributed by atoms with Crippen LogP contribution in [0.3, 0.4) is 0 Å². The van der Waals surface area contributed by atoms with Crippen LogP contribution in [0.1, 0.15) is 18.4 Å². The summed E-state index contributed by atoms with van der Waals surface area (Å²) in [6.07, 6.45) is 4.17. The maximum atomic E-state index is 11.9. The van der Waals surface area contributed by atoms with Crippen LogP contribution >= 0.6 is 24.0 Å². The second-order valence-corrected chi connectivity index (χ2v) is 6.20. The number of anilines is 1. The molecule has 3 N–H and O–H groups in total. The van der Waals surface area contributed by atoms with E-state index in [1.54, 1.807) is 11.8 Å². The average molecular weight is 309 g/mol. The molecular weight excluding hydrogens is 290 g/mol. The highest BCUT2D eigenvalue weighted by molar-refractivity contribution is 7.98. The minimum absolute atomic E-state index is 0.0402. The van der Waals surface area contributed by atoms with E-state index in [2.05, 4.69) is 5.32 Å². The molecule has 0 bridgehead atoms. The van der Waals surface area contributed by atoms with Crippen LogP contribution in [-0.2, 0) is 4.79 Å². The van der Waals surface area contributed by atoms with Gasteiger partial charge >= 0.3 is 0 Å². The number of nitrogens with zero attached hydrogens (tertiary/aromatic N) is 1. The molecule has 2 rings (SSSR count). The number of hydrogen-bond donors (Lipinski definition) is 2. The van der Waals surface area contributed by atoms with Crippen molar-refractivity contribution in [2.75, 3.05) is 24.7 Å². The van der Waals surface area contributed by atoms with Gasteiger partial charge in [-0.1, -0.05) is 18.3 Å².